The normalized spacial score (nSPS) is 24.4. The quantitative estimate of drug-likeness (QED) is 0.739. The van der Waals surface area contributed by atoms with Gasteiger partial charge in [-0.25, -0.2) is 9.97 Å². The van der Waals surface area contributed by atoms with E-state index in [-0.39, 0.29) is 5.38 Å². The number of aromatic nitrogens is 2. The Kier molecular flexibility index (Phi) is 3.08. The summed E-state index contributed by atoms with van der Waals surface area (Å²) in [5, 5.41) is 1.41. The summed E-state index contributed by atoms with van der Waals surface area (Å²) >= 11 is 6.28. The molecular formula is C14H16ClN3. The van der Waals surface area contributed by atoms with E-state index in [1.54, 1.807) is 6.33 Å². The van der Waals surface area contributed by atoms with Gasteiger partial charge in [0.2, 0.25) is 0 Å². The van der Waals surface area contributed by atoms with Crippen molar-refractivity contribution in [2.24, 2.45) is 5.92 Å². The number of alkyl halides is 1. The first kappa shape index (κ1) is 11.7. The smallest absolute Gasteiger partial charge is 0.139 e. The second-order valence-corrected chi connectivity index (χ2v) is 5.50. The van der Waals surface area contributed by atoms with Gasteiger partial charge in [-0.15, -0.1) is 11.6 Å². The van der Waals surface area contributed by atoms with Crippen molar-refractivity contribution < 1.29 is 0 Å². The zero-order valence-electron chi connectivity index (χ0n) is 10.4. The van der Waals surface area contributed by atoms with Gasteiger partial charge in [0, 0.05) is 23.9 Å². The molecule has 0 amide bonds. The van der Waals surface area contributed by atoms with E-state index in [4.69, 9.17) is 11.6 Å². The van der Waals surface area contributed by atoms with Crippen molar-refractivity contribution in [3.8, 4) is 0 Å². The molecule has 1 aliphatic rings. The molecule has 0 N–H and O–H groups in total. The van der Waals surface area contributed by atoms with Gasteiger partial charge in [0.25, 0.3) is 0 Å². The van der Waals surface area contributed by atoms with Gasteiger partial charge in [0.1, 0.15) is 12.1 Å². The molecule has 0 radical (unpaired) electrons. The zero-order chi connectivity index (χ0) is 12.5. The highest BCUT2D eigenvalue weighted by atomic mass is 35.5. The molecule has 2 aromatic rings. The van der Waals surface area contributed by atoms with Crippen LogP contribution in [0.3, 0.4) is 0 Å². The molecule has 2 atom stereocenters. The molecule has 1 aromatic heterocycles. The Labute approximate surface area is 112 Å². The lowest BCUT2D eigenvalue weighted by atomic mass is 9.99. The Morgan fingerprint density at radius 3 is 2.94 bits per heavy atom. The minimum absolute atomic E-state index is 0.286. The van der Waals surface area contributed by atoms with E-state index in [1.165, 1.54) is 0 Å². The van der Waals surface area contributed by atoms with Crippen LogP contribution in [0.5, 0.6) is 0 Å². The van der Waals surface area contributed by atoms with Crippen LogP contribution >= 0.6 is 11.6 Å². The molecule has 0 aliphatic carbocycles. The van der Waals surface area contributed by atoms with Crippen LogP contribution in [0.4, 0.5) is 5.82 Å². The van der Waals surface area contributed by atoms with Crippen LogP contribution in [-0.2, 0) is 0 Å². The van der Waals surface area contributed by atoms with Crippen molar-refractivity contribution in [1.82, 2.24) is 9.97 Å². The number of benzene rings is 1. The summed E-state index contributed by atoms with van der Waals surface area (Å²) < 4.78 is 0. The van der Waals surface area contributed by atoms with Gasteiger partial charge in [-0.3, -0.25) is 0 Å². The molecule has 2 unspecified atom stereocenters. The van der Waals surface area contributed by atoms with Crippen molar-refractivity contribution in [2.75, 3.05) is 18.0 Å². The molecular weight excluding hydrogens is 246 g/mol. The van der Waals surface area contributed by atoms with Crippen LogP contribution in [0.2, 0.25) is 0 Å². The zero-order valence-corrected chi connectivity index (χ0v) is 11.1. The first-order valence-electron chi connectivity index (χ1n) is 6.34. The number of nitrogens with zero attached hydrogens (tertiary/aromatic N) is 3. The number of hydrogen-bond donors (Lipinski definition) is 0. The fourth-order valence-corrected chi connectivity index (χ4v) is 2.73. The number of hydrogen-bond acceptors (Lipinski definition) is 3. The number of halogens is 1. The Morgan fingerprint density at radius 1 is 1.28 bits per heavy atom. The molecule has 4 heteroatoms. The van der Waals surface area contributed by atoms with Gasteiger partial charge < -0.3 is 4.90 Å². The van der Waals surface area contributed by atoms with E-state index in [2.05, 4.69) is 27.9 Å². The number of rotatable bonds is 1. The number of anilines is 1. The van der Waals surface area contributed by atoms with Gasteiger partial charge in [-0.1, -0.05) is 19.1 Å². The van der Waals surface area contributed by atoms with Gasteiger partial charge in [0.15, 0.2) is 0 Å². The highest BCUT2D eigenvalue weighted by Gasteiger charge is 2.25. The third kappa shape index (κ3) is 2.03. The third-order valence-electron chi connectivity index (χ3n) is 3.62. The molecule has 1 aromatic carbocycles. The highest BCUT2D eigenvalue weighted by Crippen LogP contribution is 2.29. The highest BCUT2D eigenvalue weighted by molar-refractivity contribution is 6.20. The fraction of sp³-hybridized carbons (Fsp3) is 0.429. The first-order chi connectivity index (χ1) is 8.75. The second kappa shape index (κ2) is 4.73. The summed E-state index contributed by atoms with van der Waals surface area (Å²) in [6, 6.07) is 8.15. The molecule has 1 aliphatic heterocycles. The standard InChI is InChI=1S/C14H16ClN3/c1-10-8-18(7-6-12(10)15)14-11-4-2-3-5-13(11)16-9-17-14/h2-5,9-10,12H,6-8H2,1H3. The largest absolute Gasteiger partial charge is 0.356 e. The molecule has 94 valence electrons. The van der Waals surface area contributed by atoms with E-state index >= 15 is 0 Å². The van der Waals surface area contributed by atoms with Gasteiger partial charge in [-0.2, -0.15) is 0 Å². The summed E-state index contributed by atoms with van der Waals surface area (Å²) in [5.74, 6) is 1.53. The summed E-state index contributed by atoms with van der Waals surface area (Å²) in [6.07, 6.45) is 2.66. The minimum Gasteiger partial charge on any atom is -0.356 e. The summed E-state index contributed by atoms with van der Waals surface area (Å²) in [7, 11) is 0. The maximum atomic E-state index is 6.28. The number of fused-ring (bicyclic) bond motifs is 1. The summed E-state index contributed by atoms with van der Waals surface area (Å²) in [4.78, 5) is 11.1. The average Bonchev–Trinajstić information content (AvgIpc) is 2.41. The predicted octanol–water partition coefficient (Wildman–Crippen LogP) is 3.08. The SMILES string of the molecule is CC1CN(c2ncnc3ccccc23)CCC1Cl. The first-order valence-corrected chi connectivity index (χ1v) is 6.78. The van der Waals surface area contributed by atoms with Crippen LogP contribution in [0.25, 0.3) is 10.9 Å². The summed E-state index contributed by atoms with van der Waals surface area (Å²) in [6.45, 7) is 4.14. The Hall–Kier alpha value is -1.35. The molecule has 1 fully saturated rings. The molecule has 18 heavy (non-hydrogen) atoms. The lowest BCUT2D eigenvalue weighted by molar-refractivity contribution is 0.453. The van der Waals surface area contributed by atoms with Crippen LogP contribution in [-0.4, -0.2) is 28.4 Å². The molecule has 0 bridgehead atoms. The van der Waals surface area contributed by atoms with Crippen molar-refractivity contribution in [3.05, 3.63) is 30.6 Å². The van der Waals surface area contributed by atoms with Crippen molar-refractivity contribution >= 4 is 28.3 Å². The topological polar surface area (TPSA) is 29.0 Å². The van der Waals surface area contributed by atoms with Crippen LogP contribution in [0, 0.1) is 5.92 Å². The predicted molar refractivity (Wildman–Crippen MR) is 75.2 cm³/mol. The van der Waals surface area contributed by atoms with Gasteiger partial charge >= 0.3 is 0 Å². The van der Waals surface area contributed by atoms with E-state index in [9.17, 15) is 0 Å². The van der Waals surface area contributed by atoms with Crippen LogP contribution < -0.4 is 4.90 Å². The maximum Gasteiger partial charge on any atom is 0.139 e. The molecule has 2 heterocycles. The van der Waals surface area contributed by atoms with E-state index in [0.717, 1.165) is 36.2 Å². The molecule has 0 spiro atoms. The van der Waals surface area contributed by atoms with E-state index in [0.29, 0.717) is 5.92 Å². The van der Waals surface area contributed by atoms with Crippen LogP contribution in [0.15, 0.2) is 30.6 Å². The van der Waals surface area contributed by atoms with E-state index < -0.39 is 0 Å². The monoisotopic (exact) mass is 261 g/mol. The summed E-state index contributed by atoms with van der Waals surface area (Å²) in [5.41, 5.74) is 1.00. The lowest BCUT2D eigenvalue weighted by Crippen LogP contribution is -2.40. The van der Waals surface area contributed by atoms with Gasteiger partial charge in [-0.05, 0) is 24.5 Å². The fourth-order valence-electron chi connectivity index (χ4n) is 2.55. The minimum atomic E-state index is 0.286. The molecule has 3 rings (SSSR count). The molecule has 1 saturated heterocycles. The van der Waals surface area contributed by atoms with Crippen molar-refractivity contribution in [1.29, 1.82) is 0 Å². The van der Waals surface area contributed by atoms with E-state index in [1.807, 2.05) is 18.2 Å². The lowest BCUT2D eigenvalue weighted by Gasteiger charge is -2.35. The number of piperidine rings is 1. The molecule has 0 saturated carbocycles. The Bertz CT molecular complexity index is 552. The second-order valence-electron chi connectivity index (χ2n) is 4.94. The van der Waals surface area contributed by atoms with Gasteiger partial charge in [0.05, 0.1) is 5.52 Å². The van der Waals surface area contributed by atoms with Crippen LogP contribution in [0.1, 0.15) is 13.3 Å². The maximum absolute atomic E-state index is 6.28. The number of para-hydroxylation sites is 1. The third-order valence-corrected chi connectivity index (χ3v) is 4.27. The average molecular weight is 262 g/mol. The Balaban J connectivity index is 1.99. The Morgan fingerprint density at radius 2 is 2.11 bits per heavy atom. The van der Waals surface area contributed by atoms with Crippen molar-refractivity contribution in [2.45, 2.75) is 18.7 Å². The van der Waals surface area contributed by atoms with Crippen molar-refractivity contribution in [3.63, 3.8) is 0 Å². The molecule has 3 nitrogen and oxygen atoms in total.